The van der Waals surface area contributed by atoms with Crippen LogP contribution in [0.15, 0.2) is 97.1 Å². The molecule has 71 heavy (non-hydrogen) atoms. The minimum absolute atomic E-state index is 0.0327. The number of benzene rings is 6. The van der Waals surface area contributed by atoms with Crippen LogP contribution in [0, 0.1) is 6.92 Å². The van der Waals surface area contributed by atoms with Crippen LogP contribution in [0.25, 0.3) is 50.2 Å². The van der Waals surface area contributed by atoms with E-state index in [0.717, 1.165) is 55.4 Å². The summed E-state index contributed by atoms with van der Waals surface area (Å²) in [5.74, 6) is 0.673. The van der Waals surface area contributed by atoms with Gasteiger partial charge in [-0.2, -0.15) is 0 Å². The van der Waals surface area contributed by atoms with Gasteiger partial charge in [-0.25, -0.2) is 0 Å². The van der Waals surface area contributed by atoms with E-state index in [1.807, 2.05) is 67.6 Å². The lowest BCUT2D eigenvalue weighted by Gasteiger charge is -2.27. The van der Waals surface area contributed by atoms with Crippen LogP contribution < -0.4 is 0 Å². The Hall–Kier alpha value is -6.50. The largest absolute Gasteiger partial charge is 0.505 e. The summed E-state index contributed by atoms with van der Waals surface area (Å²) in [4.78, 5) is 4.52. The van der Waals surface area contributed by atoms with Crippen molar-refractivity contribution >= 4 is 56.3 Å². The van der Waals surface area contributed by atoms with Gasteiger partial charge in [0, 0.05) is 26.7 Å². The number of nitrogens with zero attached hydrogens (tertiary/aromatic N) is 9. The van der Waals surface area contributed by atoms with E-state index in [2.05, 4.69) is 147 Å². The number of aromatic nitrogens is 9. The van der Waals surface area contributed by atoms with Gasteiger partial charge >= 0.3 is 0 Å². The van der Waals surface area contributed by atoms with E-state index in [0.29, 0.717) is 38.1 Å². The van der Waals surface area contributed by atoms with Gasteiger partial charge in [0.05, 0.1) is 0 Å². The SMILES string of the molecule is CC(C)(C)c1cc(-n2nc3ccc(Cl)cc3n2)c(O)c(C(C)(C)C)c1.CC(C)(C)c1cc(-n2nc3ccccc3n2)c(O)c(C(C)(C)C)c1.Cc1cc(-n2nc3ccc(Cl)cc3n2)c(O)c(C(C)(C)C)c1. The lowest BCUT2D eigenvalue weighted by molar-refractivity contribution is 0.437. The number of phenolic OH excluding ortho intramolecular Hbond substituents is 3. The predicted octanol–water partition coefficient (Wildman–Crippen LogP) is 14.5. The lowest BCUT2D eigenvalue weighted by atomic mass is 9.80. The Morgan fingerprint density at radius 1 is 0.352 bits per heavy atom. The molecule has 3 aromatic heterocycles. The molecule has 0 radical (unpaired) electrons. The first-order chi connectivity index (χ1) is 32.8. The average Bonchev–Trinajstić information content (AvgIpc) is 3.99. The topological polar surface area (TPSA) is 153 Å². The molecule has 372 valence electrons. The highest BCUT2D eigenvalue weighted by Gasteiger charge is 2.29. The molecular formula is C57H67Cl2N9O3. The van der Waals surface area contributed by atoms with Crippen molar-refractivity contribution in [3.63, 3.8) is 0 Å². The van der Waals surface area contributed by atoms with Crippen LogP contribution in [-0.2, 0) is 27.1 Å². The van der Waals surface area contributed by atoms with Crippen molar-refractivity contribution < 1.29 is 15.3 Å². The van der Waals surface area contributed by atoms with Gasteiger partial charge in [0.1, 0.15) is 67.4 Å². The summed E-state index contributed by atoms with van der Waals surface area (Å²) in [6, 6.07) is 30.5. The third kappa shape index (κ3) is 11.5. The number of rotatable bonds is 3. The fraction of sp³-hybridized carbons (Fsp3) is 0.368. The van der Waals surface area contributed by atoms with Crippen molar-refractivity contribution in [3.8, 4) is 34.3 Å². The molecule has 0 unspecified atom stereocenters. The van der Waals surface area contributed by atoms with Gasteiger partial charge in [0.25, 0.3) is 0 Å². The number of aryl methyl sites for hydroxylation is 1. The molecule has 6 aromatic carbocycles. The molecule has 3 N–H and O–H groups in total. The number of fused-ring (bicyclic) bond motifs is 3. The average molecular weight is 997 g/mol. The van der Waals surface area contributed by atoms with Crippen molar-refractivity contribution in [2.24, 2.45) is 0 Å². The van der Waals surface area contributed by atoms with Crippen LogP contribution in [0.5, 0.6) is 17.2 Å². The molecule has 0 fully saturated rings. The van der Waals surface area contributed by atoms with Crippen LogP contribution in [0.1, 0.15) is 137 Å². The molecular weight excluding hydrogens is 930 g/mol. The second-order valence-electron chi connectivity index (χ2n) is 23.4. The van der Waals surface area contributed by atoms with E-state index in [1.54, 1.807) is 29.1 Å². The Morgan fingerprint density at radius 3 is 0.972 bits per heavy atom. The van der Waals surface area contributed by atoms with Crippen molar-refractivity contribution in [2.45, 2.75) is 138 Å². The molecule has 0 saturated carbocycles. The highest BCUT2D eigenvalue weighted by Crippen LogP contribution is 2.41. The van der Waals surface area contributed by atoms with Gasteiger partial charge in [-0.1, -0.05) is 157 Å². The zero-order valence-electron chi connectivity index (χ0n) is 43.9. The molecule has 9 rings (SSSR count). The van der Waals surface area contributed by atoms with Gasteiger partial charge in [-0.05, 0) is 117 Å². The molecule has 12 nitrogen and oxygen atoms in total. The quantitative estimate of drug-likeness (QED) is 0.157. The smallest absolute Gasteiger partial charge is 0.146 e. The summed E-state index contributed by atoms with van der Waals surface area (Å²) in [6.07, 6.45) is 0. The monoisotopic (exact) mass is 995 g/mol. The molecule has 0 bridgehead atoms. The first-order valence-corrected chi connectivity index (χ1v) is 24.5. The Kier molecular flexibility index (Phi) is 13.9. The zero-order valence-corrected chi connectivity index (χ0v) is 45.4. The maximum Gasteiger partial charge on any atom is 0.146 e. The summed E-state index contributed by atoms with van der Waals surface area (Å²) in [6.45, 7) is 33.7. The van der Waals surface area contributed by atoms with Crippen LogP contribution in [-0.4, -0.2) is 60.3 Å². The molecule has 0 spiro atoms. The van der Waals surface area contributed by atoms with Gasteiger partial charge < -0.3 is 15.3 Å². The summed E-state index contributed by atoms with van der Waals surface area (Å²) < 4.78 is 0. The van der Waals surface area contributed by atoms with Gasteiger partial charge in [-0.15, -0.1) is 45.0 Å². The zero-order chi connectivity index (χ0) is 52.3. The molecule has 14 heteroatoms. The van der Waals surface area contributed by atoms with Gasteiger partial charge in [-0.3, -0.25) is 0 Å². The first-order valence-electron chi connectivity index (χ1n) is 23.8. The minimum atomic E-state index is -0.198. The normalized spacial score (nSPS) is 12.5. The Bertz CT molecular complexity index is 3390. The van der Waals surface area contributed by atoms with Crippen molar-refractivity contribution in [3.05, 3.63) is 140 Å². The fourth-order valence-corrected chi connectivity index (χ4v) is 8.33. The van der Waals surface area contributed by atoms with Gasteiger partial charge in [0.2, 0.25) is 0 Å². The molecule has 0 saturated heterocycles. The maximum atomic E-state index is 10.9. The fourth-order valence-electron chi connectivity index (χ4n) is 7.99. The number of hydrogen-bond acceptors (Lipinski definition) is 9. The Morgan fingerprint density at radius 2 is 0.648 bits per heavy atom. The number of aromatic hydroxyl groups is 3. The first kappa shape index (κ1) is 52.3. The van der Waals surface area contributed by atoms with E-state index in [-0.39, 0.29) is 44.3 Å². The standard InChI is InChI=1S/C20H24ClN3O.C20H25N3O.C17H18ClN3O/c1-19(2,3)12-9-14(20(4,5)6)18(25)17(10-12)24-22-15-8-7-13(21)11-16(15)23-24;1-19(2,3)13-11-14(20(4,5)6)18(24)17(12-13)23-21-15-9-7-8-10-16(15)22-23;1-10-7-12(17(2,3)4)16(22)15(8-10)21-19-13-6-5-11(18)9-14(13)20-21/h7-11,25H,1-6H3;7-12,24H,1-6H3;5-9,22H,1-4H3. The molecule has 0 aliphatic rings. The molecule has 0 aliphatic carbocycles. The van der Waals surface area contributed by atoms with E-state index in [1.165, 1.54) is 9.59 Å². The Labute approximate surface area is 427 Å². The number of phenols is 3. The summed E-state index contributed by atoms with van der Waals surface area (Å²) in [5, 5.41) is 60.7. The predicted molar refractivity (Wildman–Crippen MR) is 290 cm³/mol. The third-order valence-corrected chi connectivity index (χ3v) is 12.7. The van der Waals surface area contributed by atoms with Crippen LogP contribution in [0.2, 0.25) is 10.0 Å². The second-order valence-corrected chi connectivity index (χ2v) is 24.3. The molecule has 0 amide bonds. The highest BCUT2D eigenvalue weighted by molar-refractivity contribution is 6.31. The van der Waals surface area contributed by atoms with E-state index in [9.17, 15) is 15.3 Å². The van der Waals surface area contributed by atoms with Gasteiger partial charge in [0.15, 0.2) is 0 Å². The van der Waals surface area contributed by atoms with E-state index in [4.69, 9.17) is 23.2 Å². The van der Waals surface area contributed by atoms with Crippen molar-refractivity contribution in [1.29, 1.82) is 0 Å². The maximum absolute atomic E-state index is 10.9. The molecule has 3 heterocycles. The van der Waals surface area contributed by atoms with E-state index < -0.39 is 0 Å². The lowest BCUT2D eigenvalue weighted by Crippen LogP contribution is -2.18. The van der Waals surface area contributed by atoms with E-state index >= 15 is 0 Å². The summed E-state index contributed by atoms with van der Waals surface area (Å²) in [7, 11) is 0. The molecule has 0 atom stereocenters. The molecule has 9 aromatic rings. The number of halogens is 2. The summed E-state index contributed by atoms with van der Waals surface area (Å²) >= 11 is 12.0. The number of hydrogen-bond donors (Lipinski definition) is 3. The second kappa shape index (κ2) is 18.9. The Balaban J connectivity index is 0.000000157. The van der Waals surface area contributed by atoms with Crippen LogP contribution >= 0.6 is 23.2 Å². The van der Waals surface area contributed by atoms with Crippen molar-refractivity contribution in [1.82, 2.24) is 45.0 Å². The summed E-state index contributed by atoms with van der Waals surface area (Å²) in [5.41, 5.74) is 11.7. The van der Waals surface area contributed by atoms with Crippen molar-refractivity contribution in [2.75, 3.05) is 0 Å². The molecule has 0 aliphatic heterocycles. The third-order valence-electron chi connectivity index (χ3n) is 12.2. The highest BCUT2D eigenvalue weighted by atomic mass is 35.5. The van der Waals surface area contributed by atoms with Crippen LogP contribution in [0.3, 0.4) is 0 Å². The van der Waals surface area contributed by atoms with Crippen LogP contribution in [0.4, 0.5) is 0 Å². The minimum Gasteiger partial charge on any atom is -0.505 e.